The van der Waals surface area contributed by atoms with E-state index in [0.29, 0.717) is 24.5 Å². The maximum atomic E-state index is 11.5. The van der Waals surface area contributed by atoms with Gasteiger partial charge < -0.3 is 4.74 Å². The molecular formula is C13H16BrN3O3S. The van der Waals surface area contributed by atoms with Crippen LogP contribution in [0.1, 0.15) is 11.4 Å². The van der Waals surface area contributed by atoms with Crippen molar-refractivity contribution in [3.05, 3.63) is 40.1 Å². The minimum Gasteiger partial charge on any atom is -0.492 e. The number of primary sulfonamides is 1. The van der Waals surface area contributed by atoms with Gasteiger partial charge in [-0.3, -0.25) is 4.68 Å². The number of rotatable bonds is 5. The molecule has 0 bridgehead atoms. The first-order chi connectivity index (χ1) is 9.79. The van der Waals surface area contributed by atoms with Crippen LogP contribution in [0.15, 0.2) is 33.6 Å². The first-order valence-corrected chi connectivity index (χ1v) is 8.58. The van der Waals surface area contributed by atoms with Gasteiger partial charge in [0.25, 0.3) is 0 Å². The number of sulfonamides is 1. The van der Waals surface area contributed by atoms with E-state index in [9.17, 15) is 8.42 Å². The minimum atomic E-state index is -3.75. The normalized spacial score (nSPS) is 11.6. The molecule has 2 rings (SSSR count). The second kappa shape index (κ2) is 6.17. The highest BCUT2D eigenvalue weighted by atomic mass is 79.9. The van der Waals surface area contributed by atoms with Crippen LogP contribution in [0.2, 0.25) is 0 Å². The quantitative estimate of drug-likeness (QED) is 0.867. The molecule has 114 valence electrons. The first-order valence-electron chi connectivity index (χ1n) is 6.24. The maximum absolute atomic E-state index is 11.5. The lowest BCUT2D eigenvalue weighted by atomic mass is 10.3. The van der Waals surface area contributed by atoms with E-state index < -0.39 is 10.0 Å². The van der Waals surface area contributed by atoms with E-state index in [4.69, 9.17) is 9.88 Å². The van der Waals surface area contributed by atoms with Crippen molar-refractivity contribution < 1.29 is 13.2 Å². The van der Waals surface area contributed by atoms with E-state index in [2.05, 4.69) is 21.0 Å². The molecule has 1 aromatic heterocycles. The van der Waals surface area contributed by atoms with Gasteiger partial charge in [0.05, 0.1) is 17.9 Å². The highest BCUT2D eigenvalue weighted by molar-refractivity contribution is 9.10. The molecule has 0 aliphatic carbocycles. The summed E-state index contributed by atoms with van der Waals surface area (Å²) in [6, 6.07) is 7.47. The van der Waals surface area contributed by atoms with Gasteiger partial charge in [0.1, 0.15) is 17.3 Å². The van der Waals surface area contributed by atoms with E-state index in [1.54, 1.807) is 18.5 Å². The molecule has 0 fully saturated rings. The Hall–Kier alpha value is -1.38. The number of hydrogen-bond donors (Lipinski definition) is 1. The molecule has 1 aromatic carbocycles. The van der Waals surface area contributed by atoms with E-state index >= 15 is 0 Å². The molecule has 8 heteroatoms. The smallest absolute Gasteiger partial charge is 0.241 e. The summed E-state index contributed by atoms with van der Waals surface area (Å²) in [6.07, 6.45) is 0. The summed E-state index contributed by atoms with van der Waals surface area (Å²) in [7, 11) is -3.75. The summed E-state index contributed by atoms with van der Waals surface area (Å²) < 4.78 is 31.2. The summed E-state index contributed by atoms with van der Waals surface area (Å²) in [4.78, 5) is 0.0890. The average molecular weight is 374 g/mol. The van der Waals surface area contributed by atoms with Gasteiger partial charge in [0.2, 0.25) is 10.0 Å². The average Bonchev–Trinajstić information content (AvgIpc) is 2.66. The highest BCUT2D eigenvalue weighted by Crippen LogP contribution is 2.18. The maximum Gasteiger partial charge on any atom is 0.241 e. The zero-order valence-electron chi connectivity index (χ0n) is 11.7. The van der Waals surface area contributed by atoms with Gasteiger partial charge in [-0.25, -0.2) is 13.6 Å². The number of nitrogens with two attached hydrogens (primary N) is 1. The van der Waals surface area contributed by atoms with Crippen molar-refractivity contribution in [1.29, 1.82) is 0 Å². The molecule has 0 atom stereocenters. The molecule has 0 saturated carbocycles. The van der Waals surface area contributed by atoms with Crippen molar-refractivity contribution in [2.24, 2.45) is 5.14 Å². The number of aromatic nitrogens is 2. The molecular weight excluding hydrogens is 358 g/mol. The Labute approximate surface area is 132 Å². The lowest BCUT2D eigenvalue weighted by Crippen LogP contribution is -2.15. The summed E-state index contributed by atoms with van der Waals surface area (Å²) in [5.74, 6) is 0.742. The molecule has 0 unspecified atom stereocenters. The van der Waals surface area contributed by atoms with E-state index in [1.165, 1.54) is 0 Å². The minimum absolute atomic E-state index is 0.0890. The number of nitrogens with zero attached hydrogens (tertiary/aromatic N) is 2. The van der Waals surface area contributed by atoms with Gasteiger partial charge in [0, 0.05) is 4.47 Å². The van der Waals surface area contributed by atoms with Crippen molar-refractivity contribution in [3.63, 3.8) is 0 Å². The molecule has 1 heterocycles. The van der Waals surface area contributed by atoms with Crippen LogP contribution in [0.25, 0.3) is 0 Å². The molecule has 0 radical (unpaired) electrons. The third-order valence-corrected chi connectivity index (χ3v) is 4.67. The van der Waals surface area contributed by atoms with Gasteiger partial charge in [-0.2, -0.15) is 5.10 Å². The predicted molar refractivity (Wildman–Crippen MR) is 82.7 cm³/mol. The molecule has 2 aromatic rings. The lowest BCUT2D eigenvalue weighted by Gasteiger charge is -2.08. The fourth-order valence-electron chi connectivity index (χ4n) is 2.09. The summed E-state index contributed by atoms with van der Waals surface area (Å²) in [5.41, 5.74) is 0.924. The summed E-state index contributed by atoms with van der Waals surface area (Å²) in [6.45, 7) is 4.13. The van der Waals surface area contributed by atoms with Crippen molar-refractivity contribution in [1.82, 2.24) is 9.78 Å². The second-order valence-corrected chi connectivity index (χ2v) is 6.98. The zero-order valence-corrected chi connectivity index (χ0v) is 14.1. The summed E-state index contributed by atoms with van der Waals surface area (Å²) in [5, 5.41) is 9.38. The molecule has 0 aliphatic rings. The predicted octanol–water partition coefficient (Wildman–Crippen LogP) is 1.99. The van der Waals surface area contributed by atoms with E-state index in [0.717, 1.165) is 10.2 Å². The number of hydrogen-bond acceptors (Lipinski definition) is 4. The molecule has 0 saturated heterocycles. The molecule has 0 spiro atoms. The van der Waals surface area contributed by atoms with Gasteiger partial charge in [0.15, 0.2) is 0 Å². The number of halogens is 1. The number of benzene rings is 1. The zero-order chi connectivity index (χ0) is 15.6. The van der Waals surface area contributed by atoms with Gasteiger partial charge in [-0.1, -0.05) is 15.9 Å². The fourth-order valence-corrected chi connectivity index (χ4v) is 3.32. The van der Waals surface area contributed by atoms with Gasteiger partial charge >= 0.3 is 0 Å². The standard InChI is InChI=1S/C13H16BrN3O3S/c1-9-13(21(15,18)19)10(2)17(16-9)7-8-20-12-5-3-11(14)4-6-12/h3-6H,7-8H2,1-2H3,(H2,15,18,19). The monoisotopic (exact) mass is 373 g/mol. The van der Waals surface area contributed by atoms with E-state index in [-0.39, 0.29) is 4.90 Å². The molecule has 6 nitrogen and oxygen atoms in total. The van der Waals surface area contributed by atoms with E-state index in [1.807, 2.05) is 24.3 Å². The van der Waals surface area contributed by atoms with Crippen molar-refractivity contribution in [2.75, 3.05) is 6.61 Å². The lowest BCUT2D eigenvalue weighted by molar-refractivity contribution is 0.289. The van der Waals surface area contributed by atoms with Crippen LogP contribution in [0, 0.1) is 13.8 Å². The number of aryl methyl sites for hydroxylation is 1. The van der Waals surface area contributed by atoms with Gasteiger partial charge in [-0.15, -0.1) is 0 Å². The van der Waals surface area contributed by atoms with Crippen LogP contribution >= 0.6 is 15.9 Å². The molecule has 0 amide bonds. The van der Waals surface area contributed by atoms with Crippen LogP contribution in [0.5, 0.6) is 5.75 Å². The Morgan fingerprint density at radius 2 is 1.90 bits per heavy atom. The molecule has 2 N–H and O–H groups in total. The SMILES string of the molecule is Cc1nn(CCOc2ccc(Br)cc2)c(C)c1S(N)(=O)=O. The van der Waals surface area contributed by atoms with Crippen LogP contribution in [-0.2, 0) is 16.6 Å². The highest BCUT2D eigenvalue weighted by Gasteiger charge is 2.20. The molecule has 21 heavy (non-hydrogen) atoms. The van der Waals surface area contributed by atoms with Crippen LogP contribution in [-0.4, -0.2) is 24.8 Å². The van der Waals surface area contributed by atoms with Gasteiger partial charge in [-0.05, 0) is 38.1 Å². The van der Waals surface area contributed by atoms with Crippen molar-refractivity contribution in [2.45, 2.75) is 25.3 Å². The Morgan fingerprint density at radius 1 is 1.29 bits per heavy atom. The Balaban J connectivity index is 2.06. The van der Waals surface area contributed by atoms with Crippen molar-refractivity contribution >= 4 is 26.0 Å². The second-order valence-electron chi connectivity index (χ2n) is 4.57. The topological polar surface area (TPSA) is 87.2 Å². The number of ether oxygens (including phenoxy) is 1. The first kappa shape index (κ1) is 16.0. The Kier molecular flexibility index (Phi) is 4.70. The van der Waals surface area contributed by atoms with Crippen LogP contribution < -0.4 is 9.88 Å². The Bertz CT molecular complexity index is 739. The Morgan fingerprint density at radius 3 is 2.43 bits per heavy atom. The third-order valence-electron chi connectivity index (χ3n) is 2.99. The molecule has 0 aliphatic heterocycles. The van der Waals surface area contributed by atoms with Crippen LogP contribution in [0.3, 0.4) is 0 Å². The van der Waals surface area contributed by atoms with Crippen molar-refractivity contribution in [3.8, 4) is 5.75 Å². The fraction of sp³-hybridized carbons (Fsp3) is 0.308. The summed E-state index contributed by atoms with van der Waals surface area (Å²) >= 11 is 3.35. The van der Waals surface area contributed by atoms with Crippen LogP contribution in [0.4, 0.5) is 0 Å². The third kappa shape index (κ3) is 3.84. The largest absolute Gasteiger partial charge is 0.492 e.